The van der Waals surface area contributed by atoms with Crippen molar-refractivity contribution in [3.8, 4) is 11.5 Å². The summed E-state index contributed by atoms with van der Waals surface area (Å²) in [5.74, 6) is 0.921. The van der Waals surface area contributed by atoms with E-state index < -0.39 is 0 Å². The zero-order chi connectivity index (χ0) is 22.7. The number of amides is 2. The number of nitrogens with zero attached hydrogens (tertiary/aromatic N) is 2. The minimum atomic E-state index is -0.328. The van der Waals surface area contributed by atoms with E-state index in [1.54, 1.807) is 43.4 Å². The largest absolute Gasteiger partial charge is 0.497 e. The van der Waals surface area contributed by atoms with Crippen LogP contribution in [0.15, 0.2) is 42.5 Å². The lowest BCUT2D eigenvalue weighted by molar-refractivity contribution is -0.136. The molecule has 0 saturated carbocycles. The van der Waals surface area contributed by atoms with E-state index in [0.717, 1.165) is 37.9 Å². The maximum atomic E-state index is 13.6. The van der Waals surface area contributed by atoms with Crippen LogP contribution in [-0.4, -0.2) is 62.0 Å². The number of likely N-dealkylation sites (tertiary alicyclic amines) is 2. The lowest BCUT2D eigenvalue weighted by Gasteiger charge is -2.31. The Balaban J connectivity index is 1.67. The lowest BCUT2D eigenvalue weighted by atomic mass is 9.86. The number of piperidine rings is 1. The van der Waals surface area contributed by atoms with E-state index in [1.165, 1.54) is 0 Å². The van der Waals surface area contributed by atoms with Gasteiger partial charge in [0, 0.05) is 48.2 Å². The lowest BCUT2D eigenvalue weighted by Crippen LogP contribution is -2.42. The third-order valence-electron chi connectivity index (χ3n) is 6.52. The maximum absolute atomic E-state index is 13.6. The van der Waals surface area contributed by atoms with Gasteiger partial charge in [-0.3, -0.25) is 9.59 Å². The van der Waals surface area contributed by atoms with Crippen LogP contribution in [0, 0.1) is 5.92 Å². The van der Waals surface area contributed by atoms with E-state index in [-0.39, 0.29) is 23.7 Å². The molecule has 4 rings (SSSR count). The molecule has 0 radical (unpaired) electrons. The molecule has 32 heavy (non-hydrogen) atoms. The summed E-state index contributed by atoms with van der Waals surface area (Å²) in [6, 6.07) is 12.5. The summed E-state index contributed by atoms with van der Waals surface area (Å²) in [4.78, 5) is 30.6. The van der Waals surface area contributed by atoms with Gasteiger partial charge in [0.25, 0.3) is 5.91 Å². The Kier molecular flexibility index (Phi) is 6.89. The molecule has 2 fully saturated rings. The number of benzene rings is 2. The van der Waals surface area contributed by atoms with Gasteiger partial charge in [-0.1, -0.05) is 11.6 Å². The van der Waals surface area contributed by atoms with Crippen LogP contribution in [0.4, 0.5) is 0 Å². The van der Waals surface area contributed by atoms with E-state index >= 15 is 0 Å². The van der Waals surface area contributed by atoms with Gasteiger partial charge in [0.15, 0.2) is 0 Å². The van der Waals surface area contributed by atoms with Crippen LogP contribution >= 0.6 is 11.6 Å². The molecule has 170 valence electrons. The molecule has 2 unspecified atom stereocenters. The second-order valence-corrected chi connectivity index (χ2v) is 8.86. The first kappa shape index (κ1) is 22.5. The molecule has 2 amide bonds. The van der Waals surface area contributed by atoms with Crippen molar-refractivity contribution in [2.24, 2.45) is 5.92 Å². The predicted molar refractivity (Wildman–Crippen MR) is 124 cm³/mol. The van der Waals surface area contributed by atoms with Gasteiger partial charge in [-0.2, -0.15) is 0 Å². The van der Waals surface area contributed by atoms with Gasteiger partial charge in [0.05, 0.1) is 20.1 Å². The number of ether oxygens (including phenoxy) is 2. The van der Waals surface area contributed by atoms with Gasteiger partial charge in [-0.25, -0.2) is 0 Å². The maximum Gasteiger partial charge on any atom is 0.253 e. The molecule has 2 aliphatic heterocycles. The van der Waals surface area contributed by atoms with Gasteiger partial charge in [0.2, 0.25) is 5.91 Å². The average Bonchev–Trinajstić information content (AvgIpc) is 3.29. The molecule has 0 aliphatic carbocycles. The number of methoxy groups -OCH3 is 2. The third-order valence-corrected chi connectivity index (χ3v) is 6.77. The van der Waals surface area contributed by atoms with E-state index in [1.807, 2.05) is 23.1 Å². The fourth-order valence-corrected chi connectivity index (χ4v) is 4.91. The molecular formula is C25H29ClN2O4. The zero-order valence-electron chi connectivity index (χ0n) is 18.6. The summed E-state index contributed by atoms with van der Waals surface area (Å²) in [6.07, 6.45) is 3.21. The minimum absolute atomic E-state index is 0.0949. The third kappa shape index (κ3) is 4.56. The van der Waals surface area contributed by atoms with Crippen LogP contribution in [0.25, 0.3) is 0 Å². The standard InChI is InChI=1S/C25H29ClN2O4/c1-31-19-10-11-23(32-2)20(14-19)21-15-28(24(29)17-6-8-18(26)9-7-17)16-22(21)25(30)27-12-4-3-5-13-27/h6-11,14,21-22H,3-5,12-13,15-16H2,1-2H3. The van der Waals surface area contributed by atoms with Crippen LogP contribution in [0.1, 0.15) is 41.1 Å². The second-order valence-electron chi connectivity index (χ2n) is 8.42. The number of carbonyl (C=O) groups is 2. The van der Waals surface area contributed by atoms with Gasteiger partial charge >= 0.3 is 0 Å². The minimum Gasteiger partial charge on any atom is -0.497 e. The van der Waals surface area contributed by atoms with Crippen LogP contribution in [0.2, 0.25) is 5.02 Å². The average molecular weight is 457 g/mol. The fraction of sp³-hybridized carbons (Fsp3) is 0.440. The van der Waals surface area contributed by atoms with Crippen molar-refractivity contribution in [2.45, 2.75) is 25.2 Å². The molecule has 2 aromatic rings. The first-order chi connectivity index (χ1) is 15.5. The molecule has 0 aromatic heterocycles. The van der Waals surface area contributed by atoms with Gasteiger partial charge < -0.3 is 19.3 Å². The first-order valence-electron chi connectivity index (χ1n) is 11.1. The van der Waals surface area contributed by atoms with Crippen molar-refractivity contribution in [1.82, 2.24) is 9.80 Å². The second kappa shape index (κ2) is 9.82. The summed E-state index contributed by atoms with van der Waals surface area (Å²) in [5, 5.41) is 0.583. The highest BCUT2D eigenvalue weighted by atomic mass is 35.5. The predicted octanol–water partition coefficient (Wildman–Crippen LogP) is 4.23. The Morgan fingerprint density at radius 2 is 1.62 bits per heavy atom. The molecule has 6 nitrogen and oxygen atoms in total. The number of hydrogen-bond acceptors (Lipinski definition) is 4. The van der Waals surface area contributed by atoms with Crippen molar-refractivity contribution < 1.29 is 19.1 Å². The Morgan fingerprint density at radius 1 is 0.906 bits per heavy atom. The zero-order valence-corrected chi connectivity index (χ0v) is 19.3. The number of rotatable bonds is 5. The van der Waals surface area contributed by atoms with Gasteiger partial charge in [-0.05, 0) is 61.7 Å². The van der Waals surface area contributed by atoms with Crippen LogP contribution < -0.4 is 9.47 Å². The van der Waals surface area contributed by atoms with Crippen molar-refractivity contribution in [1.29, 1.82) is 0 Å². The highest BCUT2D eigenvalue weighted by molar-refractivity contribution is 6.30. The van der Waals surface area contributed by atoms with E-state index in [9.17, 15) is 9.59 Å². The SMILES string of the molecule is COc1ccc(OC)c(C2CN(C(=O)c3ccc(Cl)cc3)CC2C(=O)N2CCCCC2)c1. The summed E-state index contributed by atoms with van der Waals surface area (Å²) in [7, 11) is 3.24. The van der Waals surface area contributed by atoms with E-state index in [4.69, 9.17) is 21.1 Å². The highest BCUT2D eigenvalue weighted by Crippen LogP contribution is 2.41. The quantitative estimate of drug-likeness (QED) is 0.675. The normalized spacial score (nSPS) is 20.8. The molecule has 2 saturated heterocycles. The van der Waals surface area contributed by atoms with Crippen LogP contribution in [0.3, 0.4) is 0 Å². The monoisotopic (exact) mass is 456 g/mol. The van der Waals surface area contributed by atoms with Crippen molar-refractivity contribution in [3.63, 3.8) is 0 Å². The molecule has 0 bridgehead atoms. The smallest absolute Gasteiger partial charge is 0.253 e. The Hall–Kier alpha value is -2.73. The molecule has 2 atom stereocenters. The van der Waals surface area contributed by atoms with Crippen LogP contribution in [-0.2, 0) is 4.79 Å². The Labute approximate surface area is 194 Å². The van der Waals surface area contributed by atoms with Crippen molar-refractivity contribution >= 4 is 23.4 Å². The Morgan fingerprint density at radius 3 is 2.28 bits per heavy atom. The Bertz CT molecular complexity index is 972. The molecule has 2 aromatic carbocycles. The highest BCUT2D eigenvalue weighted by Gasteiger charge is 2.43. The molecule has 2 aliphatic rings. The summed E-state index contributed by atoms with van der Waals surface area (Å²) >= 11 is 5.99. The first-order valence-corrected chi connectivity index (χ1v) is 11.4. The van der Waals surface area contributed by atoms with Gasteiger partial charge in [0.1, 0.15) is 11.5 Å². The number of halogens is 1. The fourth-order valence-electron chi connectivity index (χ4n) is 4.79. The van der Waals surface area contributed by atoms with Crippen molar-refractivity contribution in [3.05, 3.63) is 58.6 Å². The van der Waals surface area contributed by atoms with Gasteiger partial charge in [-0.15, -0.1) is 0 Å². The molecule has 2 heterocycles. The molecular weight excluding hydrogens is 428 g/mol. The van der Waals surface area contributed by atoms with E-state index in [2.05, 4.69) is 0 Å². The summed E-state index contributed by atoms with van der Waals surface area (Å²) in [6.45, 7) is 2.38. The van der Waals surface area contributed by atoms with E-state index in [0.29, 0.717) is 35.2 Å². The van der Waals surface area contributed by atoms with Crippen molar-refractivity contribution in [2.75, 3.05) is 40.4 Å². The number of hydrogen-bond donors (Lipinski definition) is 0. The molecule has 7 heteroatoms. The topological polar surface area (TPSA) is 59.1 Å². The summed E-state index contributed by atoms with van der Waals surface area (Å²) in [5.41, 5.74) is 1.46. The summed E-state index contributed by atoms with van der Waals surface area (Å²) < 4.78 is 11.1. The molecule has 0 spiro atoms. The number of carbonyl (C=O) groups excluding carboxylic acids is 2. The molecule has 0 N–H and O–H groups in total. The van der Waals surface area contributed by atoms with Crippen LogP contribution in [0.5, 0.6) is 11.5 Å².